The van der Waals surface area contributed by atoms with E-state index in [4.69, 9.17) is 14.2 Å². The number of esters is 1. The number of carbonyl (C=O) groups is 1. The van der Waals surface area contributed by atoms with Crippen LogP contribution in [0.25, 0.3) is 10.8 Å². The maximum absolute atomic E-state index is 11.0. The first kappa shape index (κ1) is 18.5. The molecule has 0 radical (unpaired) electrons. The smallest absolute Gasteiger partial charge is 0.330 e. The van der Waals surface area contributed by atoms with Gasteiger partial charge in [0.2, 0.25) is 0 Å². The largest absolute Gasteiger partial charge is 0.493 e. The molecule has 0 amide bonds. The average Bonchev–Trinajstić information content (AvgIpc) is 2.71. The van der Waals surface area contributed by atoms with E-state index >= 15 is 0 Å². The number of ether oxygens (including phenoxy) is 3. The van der Waals surface area contributed by atoms with E-state index < -0.39 is 5.97 Å². The third kappa shape index (κ3) is 5.61. The minimum atomic E-state index is -0.447. The van der Waals surface area contributed by atoms with Gasteiger partial charge in [-0.25, -0.2) is 4.79 Å². The van der Waals surface area contributed by atoms with Gasteiger partial charge in [-0.3, -0.25) is 0 Å². The zero-order valence-corrected chi connectivity index (χ0v) is 15.1. The SMILES string of the molecule is C=CC(=O)OCCOc1ccc2cc(OCCc3ccccc3)ccc2c1. The van der Waals surface area contributed by atoms with E-state index in [0.29, 0.717) is 13.2 Å². The van der Waals surface area contributed by atoms with Gasteiger partial charge in [0, 0.05) is 12.5 Å². The predicted octanol–water partition coefficient (Wildman–Crippen LogP) is 4.57. The predicted molar refractivity (Wildman–Crippen MR) is 106 cm³/mol. The molecule has 0 aliphatic rings. The number of fused-ring (bicyclic) bond motifs is 1. The number of carbonyl (C=O) groups excluding carboxylic acids is 1. The molecule has 0 spiro atoms. The van der Waals surface area contributed by atoms with E-state index in [2.05, 4.69) is 18.7 Å². The van der Waals surface area contributed by atoms with Gasteiger partial charge in [-0.2, -0.15) is 0 Å². The Morgan fingerprint density at radius 3 is 2.07 bits per heavy atom. The van der Waals surface area contributed by atoms with Crippen molar-refractivity contribution in [1.82, 2.24) is 0 Å². The molecule has 138 valence electrons. The summed E-state index contributed by atoms with van der Waals surface area (Å²) in [5.74, 6) is 1.13. The summed E-state index contributed by atoms with van der Waals surface area (Å²) < 4.78 is 16.4. The molecule has 27 heavy (non-hydrogen) atoms. The molecule has 0 bridgehead atoms. The van der Waals surface area contributed by atoms with Crippen molar-refractivity contribution in [2.24, 2.45) is 0 Å². The highest BCUT2D eigenvalue weighted by molar-refractivity contribution is 5.85. The average molecular weight is 362 g/mol. The minimum absolute atomic E-state index is 0.192. The molecule has 0 aliphatic heterocycles. The van der Waals surface area contributed by atoms with Crippen LogP contribution >= 0.6 is 0 Å². The standard InChI is InChI=1S/C23H22O4/c1-2-23(24)27-15-14-26-22-11-9-19-16-21(10-8-20(19)17-22)25-13-12-18-6-4-3-5-7-18/h2-11,16-17H,1,12-15H2. The first-order chi connectivity index (χ1) is 13.2. The highest BCUT2D eigenvalue weighted by Crippen LogP contribution is 2.25. The summed E-state index contributed by atoms with van der Waals surface area (Å²) in [7, 11) is 0. The topological polar surface area (TPSA) is 44.8 Å². The second-order valence-electron chi connectivity index (χ2n) is 5.97. The fraction of sp³-hybridized carbons (Fsp3) is 0.174. The molecule has 0 atom stereocenters. The fourth-order valence-electron chi connectivity index (χ4n) is 2.67. The van der Waals surface area contributed by atoms with Crippen molar-refractivity contribution in [1.29, 1.82) is 0 Å². The molecule has 3 aromatic rings. The van der Waals surface area contributed by atoms with E-state index in [-0.39, 0.29) is 6.61 Å². The van der Waals surface area contributed by atoms with E-state index in [1.54, 1.807) is 0 Å². The van der Waals surface area contributed by atoms with Crippen LogP contribution in [0.4, 0.5) is 0 Å². The van der Waals surface area contributed by atoms with Crippen molar-refractivity contribution in [3.8, 4) is 11.5 Å². The lowest BCUT2D eigenvalue weighted by molar-refractivity contribution is -0.138. The van der Waals surface area contributed by atoms with Gasteiger partial charge >= 0.3 is 5.97 Å². The van der Waals surface area contributed by atoms with Crippen molar-refractivity contribution in [3.05, 3.63) is 84.9 Å². The molecule has 0 heterocycles. The molecule has 4 heteroatoms. The number of benzene rings is 3. The van der Waals surface area contributed by atoms with Crippen LogP contribution < -0.4 is 9.47 Å². The van der Waals surface area contributed by atoms with Crippen LogP contribution in [0.1, 0.15) is 5.56 Å². The molecule has 0 aromatic heterocycles. The fourth-order valence-corrected chi connectivity index (χ4v) is 2.67. The lowest BCUT2D eigenvalue weighted by atomic mass is 10.1. The van der Waals surface area contributed by atoms with E-state index in [1.807, 2.05) is 54.6 Å². The molecule has 0 N–H and O–H groups in total. The molecular formula is C23H22O4. The van der Waals surface area contributed by atoms with Crippen molar-refractivity contribution < 1.29 is 19.0 Å². The summed E-state index contributed by atoms with van der Waals surface area (Å²) in [5.41, 5.74) is 1.26. The summed E-state index contributed by atoms with van der Waals surface area (Å²) in [6.07, 6.45) is 2.01. The second kappa shape index (κ2) is 9.43. The maximum Gasteiger partial charge on any atom is 0.330 e. The van der Waals surface area contributed by atoms with Gasteiger partial charge in [-0.15, -0.1) is 0 Å². The quantitative estimate of drug-likeness (QED) is 0.318. The highest BCUT2D eigenvalue weighted by Gasteiger charge is 2.02. The van der Waals surface area contributed by atoms with Crippen LogP contribution in [0.3, 0.4) is 0 Å². The van der Waals surface area contributed by atoms with Gasteiger partial charge in [0.15, 0.2) is 0 Å². The van der Waals surface area contributed by atoms with Gasteiger partial charge in [0.25, 0.3) is 0 Å². The molecule has 0 unspecified atom stereocenters. The zero-order valence-electron chi connectivity index (χ0n) is 15.1. The maximum atomic E-state index is 11.0. The van der Waals surface area contributed by atoms with Crippen molar-refractivity contribution in [3.63, 3.8) is 0 Å². The summed E-state index contributed by atoms with van der Waals surface area (Å²) >= 11 is 0. The molecule has 0 aliphatic carbocycles. The van der Waals surface area contributed by atoms with Crippen molar-refractivity contribution in [2.45, 2.75) is 6.42 Å². The monoisotopic (exact) mass is 362 g/mol. The Kier molecular flexibility index (Phi) is 6.47. The first-order valence-corrected chi connectivity index (χ1v) is 8.87. The van der Waals surface area contributed by atoms with Crippen LogP contribution in [0.2, 0.25) is 0 Å². The first-order valence-electron chi connectivity index (χ1n) is 8.87. The number of hydrogen-bond acceptors (Lipinski definition) is 4. The summed E-state index contributed by atoms with van der Waals surface area (Å²) in [4.78, 5) is 11.0. The summed E-state index contributed by atoms with van der Waals surface area (Å²) in [6.45, 7) is 4.48. The van der Waals surface area contributed by atoms with Crippen LogP contribution in [0, 0.1) is 0 Å². The van der Waals surface area contributed by atoms with Crippen LogP contribution in [-0.2, 0) is 16.0 Å². The normalized spacial score (nSPS) is 10.4. The molecule has 0 saturated carbocycles. The molecule has 4 nitrogen and oxygen atoms in total. The number of hydrogen-bond donors (Lipinski definition) is 0. The Balaban J connectivity index is 1.53. The van der Waals surface area contributed by atoms with Gasteiger partial charge in [-0.1, -0.05) is 49.0 Å². The molecule has 3 aromatic carbocycles. The van der Waals surface area contributed by atoms with Crippen molar-refractivity contribution in [2.75, 3.05) is 19.8 Å². The van der Waals surface area contributed by atoms with E-state index in [1.165, 1.54) is 5.56 Å². The Labute approximate surface area is 159 Å². The zero-order chi connectivity index (χ0) is 18.9. The van der Waals surface area contributed by atoms with Crippen LogP contribution in [-0.4, -0.2) is 25.8 Å². The van der Waals surface area contributed by atoms with Gasteiger partial charge in [-0.05, 0) is 40.6 Å². The third-order valence-electron chi connectivity index (χ3n) is 4.05. The van der Waals surface area contributed by atoms with E-state index in [9.17, 15) is 4.79 Å². The van der Waals surface area contributed by atoms with Crippen LogP contribution in [0.15, 0.2) is 79.4 Å². The lowest BCUT2D eigenvalue weighted by Gasteiger charge is -2.10. The lowest BCUT2D eigenvalue weighted by Crippen LogP contribution is -2.10. The molecule has 3 rings (SSSR count). The molecule has 0 fully saturated rings. The molecular weight excluding hydrogens is 340 g/mol. The van der Waals surface area contributed by atoms with Gasteiger partial charge in [0.1, 0.15) is 24.7 Å². The number of rotatable bonds is 9. The Morgan fingerprint density at radius 2 is 1.44 bits per heavy atom. The second-order valence-corrected chi connectivity index (χ2v) is 5.97. The summed E-state index contributed by atoms with van der Waals surface area (Å²) in [5, 5.41) is 2.14. The Hall–Kier alpha value is -3.27. The van der Waals surface area contributed by atoms with Crippen molar-refractivity contribution >= 4 is 16.7 Å². The Bertz CT molecular complexity index is 903. The van der Waals surface area contributed by atoms with E-state index in [0.717, 1.165) is 34.8 Å². The highest BCUT2D eigenvalue weighted by atomic mass is 16.6. The molecule has 0 saturated heterocycles. The Morgan fingerprint density at radius 1 is 0.815 bits per heavy atom. The third-order valence-corrected chi connectivity index (χ3v) is 4.05. The minimum Gasteiger partial charge on any atom is -0.493 e. The summed E-state index contributed by atoms with van der Waals surface area (Å²) in [6, 6.07) is 22.1. The van der Waals surface area contributed by atoms with Gasteiger partial charge in [0.05, 0.1) is 6.61 Å². The van der Waals surface area contributed by atoms with Crippen LogP contribution in [0.5, 0.6) is 11.5 Å². The van der Waals surface area contributed by atoms with Gasteiger partial charge < -0.3 is 14.2 Å².